The van der Waals surface area contributed by atoms with Crippen LogP contribution in [0, 0.1) is 0 Å². The molecule has 90 valence electrons. The van der Waals surface area contributed by atoms with Crippen molar-refractivity contribution in [2.24, 2.45) is 0 Å². The second-order valence-corrected chi connectivity index (χ2v) is 4.31. The van der Waals surface area contributed by atoms with Gasteiger partial charge in [-0.05, 0) is 12.1 Å². The van der Waals surface area contributed by atoms with E-state index in [0.29, 0.717) is 6.54 Å². The molecule has 0 radical (unpaired) electrons. The predicted octanol–water partition coefficient (Wildman–Crippen LogP) is 1.93. The van der Waals surface area contributed by atoms with Crippen LogP contribution >= 0.6 is 0 Å². The van der Waals surface area contributed by atoms with E-state index in [4.69, 9.17) is 0 Å². The van der Waals surface area contributed by atoms with Crippen LogP contribution in [0.1, 0.15) is 6.42 Å². The zero-order valence-electron chi connectivity index (χ0n) is 9.80. The minimum absolute atomic E-state index is 0.0304. The fourth-order valence-electron chi connectivity index (χ4n) is 2.45. The van der Waals surface area contributed by atoms with Gasteiger partial charge in [-0.3, -0.25) is 0 Å². The molecule has 0 aliphatic heterocycles. The number of fused-ring (bicyclic) bond motifs is 3. The third-order valence-corrected chi connectivity index (χ3v) is 3.22. The summed E-state index contributed by atoms with van der Waals surface area (Å²) in [4.78, 5) is 10.6. The summed E-state index contributed by atoms with van der Waals surface area (Å²) in [6, 6.07) is 16.1. The largest absolute Gasteiger partial charge is 0.550 e. The molecule has 3 nitrogen and oxygen atoms in total. The number of carbonyl (C=O) groups excluding carboxylic acids is 1. The van der Waals surface area contributed by atoms with Crippen LogP contribution < -0.4 is 5.11 Å². The molecule has 0 atom stereocenters. The molecule has 0 unspecified atom stereocenters. The highest BCUT2D eigenvalue weighted by Crippen LogP contribution is 2.28. The van der Waals surface area contributed by atoms with Crippen LogP contribution in [0.5, 0.6) is 0 Å². The van der Waals surface area contributed by atoms with E-state index < -0.39 is 5.97 Å². The first-order valence-electron chi connectivity index (χ1n) is 5.93. The van der Waals surface area contributed by atoms with E-state index in [1.54, 1.807) is 0 Å². The van der Waals surface area contributed by atoms with Gasteiger partial charge in [-0.15, -0.1) is 0 Å². The zero-order valence-corrected chi connectivity index (χ0v) is 9.80. The molecule has 2 aromatic carbocycles. The molecule has 18 heavy (non-hydrogen) atoms. The number of rotatable bonds is 3. The minimum atomic E-state index is -1.02. The molecule has 3 rings (SSSR count). The Morgan fingerprint density at radius 2 is 1.44 bits per heavy atom. The molecule has 1 heterocycles. The standard InChI is InChI=1S/C15H13NO2/c17-15(18)9-10-16-13-7-3-1-5-11(13)12-6-2-4-8-14(12)16/h1-8H,9-10H2,(H,17,18)/p-1. The molecule has 1 aromatic heterocycles. The average Bonchev–Trinajstić information content (AvgIpc) is 2.71. The van der Waals surface area contributed by atoms with Gasteiger partial charge in [0.2, 0.25) is 0 Å². The van der Waals surface area contributed by atoms with Gasteiger partial charge in [0.15, 0.2) is 0 Å². The van der Waals surface area contributed by atoms with Gasteiger partial charge in [0.05, 0.1) is 0 Å². The highest BCUT2D eigenvalue weighted by Gasteiger charge is 2.08. The van der Waals surface area contributed by atoms with Crippen LogP contribution in [0.4, 0.5) is 0 Å². The van der Waals surface area contributed by atoms with Gasteiger partial charge >= 0.3 is 0 Å². The van der Waals surface area contributed by atoms with Crippen LogP contribution in [0.25, 0.3) is 21.8 Å². The fourth-order valence-corrected chi connectivity index (χ4v) is 2.45. The van der Waals surface area contributed by atoms with Crippen molar-refractivity contribution in [1.29, 1.82) is 0 Å². The van der Waals surface area contributed by atoms with Gasteiger partial charge in [-0.2, -0.15) is 0 Å². The van der Waals surface area contributed by atoms with E-state index in [2.05, 4.69) is 12.1 Å². The summed E-state index contributed by atoms with van der Waals surface area (Å²) in [5.41, 5.74) is 2.14. The quantitative estimate of drug-likeness (QED) is 0.700. The van der Waals surface area contributed by atoms with Crippen LogP contribution in [0.15, 0.2) is 48.5 Å². The summed E-state index contributed by atoms with van der Waals surface area (Å²) < 4.78 is 2.04. The Labute approximate surface area is 104 Å². The van der Waals surface area contributed by atoms with E-state index in [0.717, 1.165) is 21.8 Å². The summed E-state index contributed by atoms with van der Waals surface area (Å²) in [5.74, 6) is -1.02. The second kappa shape index (κ2) is 4.18. The van der Waals surface area contributed by atoms with Gasteiger partial charge in [0.1, 0.15) is 0 Å². The second-order valence-electron chi connectivity index (χ2n) is 4.31. The Kier molecular flexibility index (Phi) is 2.52. The lowest BCUT2D eigenvalue weighted by Gasteiger charge is -2.07. The van der Waals surface area contributed by atoms with Crippen molar-refractivity contribution in [3.63, 3.8) is 0 Å². The van der Waals surface area contributed by atoms with Crippen molar-refractivity contribution in [2.45, 2.75) is 13.0 Å². The monoisotopic (exact) mass is 238 g/mol. The first-order chi connectivity index (χ1) is 8.77. The van der Waals surface area contributed by atoms with Crippen molar-refractivity contribution < 1.29 is 9.90 Å². The van der Waals surface area contributed by atoms with Gasteiger partial charge in [-0.1, -0.05) is 36.4 Å². The molecule has 0 amide bonds. The van der Waals surface area contributed by atoms with E-state index in [-0.39, 0.29) is 6.42 Å². The number of carbonyl (C=O) groups is 1. The normalized spacial score (nSPS) is 11.1. The molecule has 0 aliphatic carbocycles. The molecule has 0 saturated heterocycles. The van der Waals surface area contributed by atoms with Gasteiger partial charge in [-0.25, -0.2) is 0 Å². The molecule has 3 aromatic rings. The zero-order chi connectivity index (χ0) is 12.5. The number of para-hydroxylation sites is 2. The third kappa shape index (κ3) is 1.64. The topological polar surface area (TPSA) is 45.1 Å². The van der Waals surface area contributed by atoms with E-state index >= 15 is 0 Å². The minimum Gasteiger partial charge on any atom is -0.550 e. The SMILES string of the molecule is O=C([O-])CCn1c2ccccc2c2ccccc21. The fraction of sp³-hybridized carbons (Fsp3) is 0.133. The number of hydrogen-bond acceptors (Lipinski definition) is 2. The molecule has 3 heteroatoms. The van der Waals surface area contributed by atoms with Crippen molar-refractivity contribution in [3.05, 3.63) is 48.5 Å². The molecule has 0 saturated carbocycles. The van der Waals surface area contributed by atoms with Crippen LogP contribution in [0.2, 0.25) is 0 Å². The van der Waals surface area contributed by atoms with Crippen LogP contribution in [-0.2, 0) is 11.3 Å². The lowest BCUT2D eigenvalue weighted by atomic mass is 10.2. The molecule has 0 spiro atoms. The highest BCUT2D eigenvalue weighted by atomic mass is 16.4. The smallest absolute Gasteiger partial charge is 0.0491 e. The number of hydrogen-bond donors (Lipinski definition) is 0. The van der Waals surface area contributed by atoms with E-state index in [1.807, 2.05) is 41.0 Å². The van der Waals surface area contributed by atoms with E-state index in [9.17, 15) is 9.90 Å². The first kappa shape index (κ1) is 10.8. The van der Waals surface area contributed by atoms with Gasteiger partial charge in [0.25, 0.3) is 0 Å². The molecule has 0 fully saturated rings. The predicted molar refractivity (Wildman–Crippen MR) is 69.1 cm³/mol. The maximum absolute atomic E-state index is 10.6. The molecular weight excluding hydrogens is 226 g/mol. The number of nitrogens with zero attached hydrogens (tertiary/aromatic N) is 1. The molecule has 0 bridgehead atoms. The number of aryl methyl sites for hydroxylation is 1. The number of carboxylic acids is 1. The Hall–Kier alpha value is -2.29. The molecular formula is C15H12NO2-. The number of aromatic nitrogens is 1. The Bertz CT molecular complexity index is 674. The Balaban J connectivity index is 2.27. The van der Waals surface area contributed by atoms with E-state index in [1.165, 1.54) is 0 Å². The van der Waals surface area contributed by atoms with Crippen molar-refractivity contribution >= 4 is 27.8 Å². The maximum Gasteiger partial charge on any atom is 0.0491 e. The average molecular weight is 238 g/mol. The summed E-state index contributed by atoms with van der Waals surface area (Å²) in [7, 11) is 0. The Morgan fingerprint density at radius 1 is 0.944 bits per heavy atom. The van der Waals surface area contributed by atoms with Gasteiger partial charge in [0, 0.05) is 40.7 Å². The van der Waals surface area contributed by atoms with Crippen LogP contribution in [-0.4, -0.2) is 10.5 Å². The van der Waals surface area contributed by atoms with Crippen LogP contribution in [0.3, 0.4) is 0 Å². The first-order valence-corrected chi connectivity index (χ1v) is 5.93. The lowest BCUT2D eigenvalue weighted by molar-refractivity contribution is -0.305. The molecule has 0 N–H and O–H groups in total. The lowest BCUT2D eigenvalue weighted by Crippen LogP contribution is -2.23. The summed E-state index contributed by atoms with van der Waals surface area (Å²) in [5, 5.41) is 13.0. The highest BCUT2D eigenvalue weighted by molar-refractivity contribution is 6.07. The summed E-state index contributed by atoms with van der Waals surface area (Å²) >= 11 is 0. The van der Waals surface area contributed by atoms with Crippen molar-refractivity contribution in [3.8, 4) is 0 Å². The summed E-state index contributed by atoms with van der Waals surface area (Å²) in [6.07, 6.45) is 0.0304. The Morgan fingerprint density at radius 3 is 1.94 bits per heavy atom. The van der Waals surface area contributed by atoms with Gasteiger partial charge < -0.3 is 14.5 Å². The maximum atomic E-state index is 10.6. The number of benzene rings is 2. The third-order valence-electron chi connectivity index (χ3n) is 3.22. The number of carboxylic acid groups (broad SMARTS) is 1. The number of aliphatic carboxylic acids is 1. The van der Waals surface area contributed by atoms with Crippen molar-refractivity contribution in [2.75, 3.05) is 0 Å². The molecule has 0 aliphatic rings. The van der Waals surface area contributed by atoms with Crippen molar-refractivity contribution in [1.82, 2.24) is 4.57 Å². The summed E-state index contributed by atoms with van der Waals surface area (Å²) in [6.45, 7) is 0.441.